The maximum Gasteiger partial charge on any atom is 0.311 e. The molecule has 0 saturated carbocycles. The van der Waals surface area contributed by atoms with Gasteiger partial charge in [-0.15, -0.1) is 11.3 Å². The molecule has 1 heterocycles. The van der Waals surface area contributed by atoms with Crippen LogP contribution in [0.3, 0.4) is 0 Å². The Morgan fingerprint density at radius 2 is 2.36 bits per heavy atom. The molecule has 1 aromatic rings. The van der Waals surface area contributed by atoms with E-state index in [-0.39, 0.29) is 0 Å². The van der Waals surface area contributed by atoms with Gasteiger partial charge in [0.2, 0.25) is 0 Å². The molecule has 0 aliphatic heterocycles. The predicted molar refractivity (Wildman–Crippen MR) is 48.1 cm³/mol. The SMILES string of the molecule is C[C@@H](C(=O)O)c1ccc(Br)s1. The fourth-order valence-corrected chi connectivity index (χ4v) is 2.15. The van der Waals surface area contributed by atoms with Crippen molar-refractivity contribution >= 4 is 33.2 Å². The van der Waals surface area contributed by atoms with Crippen LogP contribution in [-0.2, 0) is 4.79 Å². The Labute approximate surface area is 77.0 Å². The van der Waals surface area contributed by atoms with Crippen molar-refractivity contribution in [1.82, 2.24) is 0 Å². The summed E-state index contributed by atoms with van der Waals surface area (Å²) in [4.78, 5) is 11.4. The van der Waals surface area contributed by atoms with Crippen LogP contribution in [0.2, 0.25) is 0 Å². The molecule has 0 fully saturated rings. The summed E-state index contributed by atoms with van der Waals surface area (Å²) in [6.07, 6.45) is 0. The third-order valence-electron chi connectivity index (χ3n) is 1.39. The molecule has 1 N–H and O–H groups in total. The van der Waals surface area contributed by atoms with Crippen LogP contribution in [0.4, 0.5) is 0 Å². The highest BCUT2D eigenvalue weighted by Gasteiger charge is 2.14. The van der Waals surface area contributed by atoms with Gasteiger partial charge < -0.3 is 5.11 Å². The quantitative estimate of drug-likeness (QED) is 0.855. The minimum atomic E-state index is -0.778. The van der Waals surface area contributed by atoms with E-state index in [0.717, 1.165) is 8.66 Å². The van der Waals surface area contributed by atoms with Gasteiger partial charge in [-0.1, -0.05) is 0 Å². The topological polar surface area (TPSA) is 37.3 Å². The first-order valence-electron chi connectivity index (χ1n) is 3.09. The van der Waals surface area contributed by atoms with Crippen LogP contribution in [-0.4, -0.2) is 11.1 Å². The van der Waals surface area contributed by atoms with Crippen molar-refractivity contribution in [2.75, 3.05) is 0 Å². The zero-order valence-electron chi connectivity index (χ0n) is 5.87. The highest BCUT2D eigenvalue weighted by Crippen LogP contribution is 2.28. The standard InChI is InChI=1S/C7H7BrO2S/c1-4(7(9)10)5-2-3-6(8)11-5/h2-4H,1H3,(H,9,10)/t4-/m1/s1. The van der Waals surface area contributed by atoms with Gasteiger partial charge in [-0.3, -0.25) is 4.79 Å². The zero-order chi connectivity index (χ0) is 8.43. The summed E-state index contributed by atoms with van der Waals surface area (Å²) in [5, 5.41) is 8.64. The number of aliphatic carboxylic acids is 1. The van der Waals surface area contributed by atoms with Gasteiger partial charge in [0, 0.05) is 4.88 Å². The molecule has 60 valence electrons. The smallest absolute Gasteiger partial charge is 0.311 e. The fourth-order valence-electron chi connectivity index (χ4n) is 0.683. The normalized spacial score (nSPS) is 12.9. The van der Waals surface area contributed by atoms with Crippen LogP contribution in [0.15, 0.2) is 15.9 Å². The average Bonchev–Trinajstić information content (AvgIpc) is 2.34. The molecule has 0 radical (unpaired) electrons. The zero-order valence-corrected chi connectivity index (χ0v) is 8.28. The molecule has 1 aromatic heterocycles. The number of hydrogen-bond acceptors (Lipinski definition) is 2. The third kappa shape index (κ3) is 2.04. The van der Waals surface area contributed by atoms with E-state index in [0.29, 0.717) is 0 Å². The Bertz CT molecular complexity index is 269. The monoisotopic (exact) mass is 234 g/mol. The van der Waals surface area contributed by atoms with Crippen molar-refractivity contribution in [2.45, 2.75) is 12.8 Å². The van der Waals surface area contributed by atoms with Gasteiger partial charge in [-0.25, -0.2) is 0 Å². The van der Waals surface area contributed by atoms with Crippen LogP contribution in [0.5, 0.6) is 0 Å². The van der Waals surface area contributed by atoms with Gasteiger partial charge in [0.1, 0.15) is 0 Å². The van der Waals surface area contributed by atoms with Crippen molar-refractivity contribution < 1.29 is 9.90 Å². The third-order valence-corrected chi connectivity index (χ3v) is 3.20. The second-order valence-corrected chi connectivity index (χ2v) is 4.70. The Morgan fingerprint density at radius 3 is 2.73 bits per heavy atom. The number of hydrogen-bond donors (Lipinski definition) is 1. The summed E-state index contributed by atoms with van der Waals surface area (Å²) in [7, 11) is 0. The Kier molecular flexibility index (Phi) is 2.67. The minimum absolute atomic E-state index is 0.397. The Balaban J connectivity index is 2.84. The number of halogens is 1. The maximum atomic E-state index is 10.5. The predicted octanol–water partition coefficient (Wildman–Crippen LogP) is 2.70. The number of rotatable bonds is 2. The molecule has 0 amide bonds. The van der Waals surface area contributed by atoms with Crippen molar-refractivity contribution in [1.29, 1.82) is 0 Å². The first-order chi connectivity index (χ1) is 5.11. The number of carboxylic acids is 1. The largest absolute Gasteiger partial charge is 0.481 e. The first kappa shape index (κ1) is 8.74. The fraction of sp³-hybridized carbons (Fsp3) is 0.286. The number of carboxylic acid groups (broad SMARTS) is 1. The number of carbonyl (C=O) groups is 1. The van der Waals surface area contributed by atoms with E-state index in [1.54, 1.807) is 6.92 Å². The summed E-state index contributed by atoms with van der Waals surface area (Å²) in [6, 6.07) is 3.69. The molecule has 0 bridgehead atoms. The van der Waals surface area contributed by atoms with Crippen molar-refractivity contribution in [3.05, 3.63) is 20.8 Å². The van der Waals surface area contributed by atoms with E-state index in [2.05, 4.69) is 15.9 Å². The highest BCUT2D eigenvalue weighted by molar-refractivity contribution is 9.11. The van der Waals surface area contributed by atoms with Crippen molar-refractivity contribution in [3.8, 4) is 0 Å². The van der Waals surface area contributed by atoms with E-state index in [1.165, 1.54) is 11.3 Å². The van der Waals surface area contributed by atoms with E-state index in [9.17, 15) is 4.79 Å². The van der Waals surface area contributed by atoms with Crippen LogP contribution in [0.1, 0.15) is 17.7 Å². The van der Waals surface area contributed by atoms with E-state index < -0.39 is 11.9 Å². The van der Waals surface area contributed by atoms with E-state index in [4.69, 9.17) is 5.11 Å². The lowest BCUT2D eigenvalue weighted by atomic mass is 10.1. The second kappa shape index (κ2) is 3.36. The average molecular weight is 235 g/mol. The maximum absolute atomic E-state index is 10.5. The van der Waals surface area contributed by atoms with Crippen LogP contribution >= 0.6 is 27.3 Å². The summed E-state index contributed by atoms with van der Waals surface area (Å²) < 4.78 is 0.973. The lowest BCUT2D eigenvalue weighted by Gasteiger charge is -1.99. The molecule has 0 spiro atoms. The Morgan fingerprint density at radius 1 is 1.73 bits per heavy atom. The van der Waals surface area contributed by atoms with Crippen molar-refractivity contribution in [3.63, 3.8) is 0 Å². The molecule has 2 nitrogen and oxygen atoms in total. The molecule has 11 heavy (non-hydrogen) atoms. The van der Waals surface area contributed by atoms with E-state index in [1.807, 2.05) is 12.1 Å². The van der Waals surface area contributed by atoms with Gasteiger partial charge in [0.25, 0.3) is 0 Å². The van der Waals surface area contributed by atoms with Gasteiger partial charge in [0.15, 0.2) is 0 Å². The molecule has 4 heteroatoms. The summed E-state index contributed by atoms with van der Waals surface area (Å²) in [5.74, 6) is -1.18. The van der Waals surface area contributed by atoms with Gasteiger partial charge in [-0.2, -0.15) is 0 Å². The van der Waals surface area contributed by atoms with Gasteiger partial charge in [-0.05, 0) is 35.0 Å². The second-order valence-electron chi connectivity index (χ2n) is 2.20. The molecule has 0 aromatic carbocycles. The van der Waals surface area contributed by atoms with Crippen LogP contribution in [0, 0.1) is 0 Å². The van der Waals surface area contributed by atoms with Gasteiger partial charge >= 0.3 is 5.97 Å². The lowest BCUT2D eigenvalue weighted by Crippen LogP contribution is -2.04. The molecule has 1 atom stereocenters. The molecular weight excluding hydrogens is 228 g/mol. The minimum Gasteiger partial charge on any atom is -0.481 e. The van der Waals surface area contributed by atoms with E-state index >= 15 is 0 Å². The summed E-state index contributed by atoms with van der Waals surface area (Å²) >= 11 is 4.74. The van der Waals surface area contributed by atoms with Gasteiger partial charge in [0.05, 0.1) is 9.70 Å². The molecule has 0 aliphatic carbocycles. The lowest BCUT2D eigenvalue weighted by molar-refractivity contribution is -0.138. The molecule has 0 unspecified atom stereocenters. The molecular formula is C7H7BrO2S. The highest BCUT2D eigenvalue weighted by atomic mass is 79.9. The first-order valence-corrected chi connectivity index (χ1v) is 4.70. The van der Waals surface area contributed by atoms with Crippen LogP contribution in [0.25, 0.3) is 0 Å². The Hall–Kier alpha value is -0.350. The molecule has 1 rings (SSSR count). The van der Waals surface area contributed by atoms with Crippen molar-refractivity contribution in [2.24, 2.45) is 0 Å². The summed E-state index contributed by atoms with van der Waals surface area (Å²) in [5.41, 5.74) is 0. The molecule has 0 aliphatic rings. The van der Waals surface area contributed by atoms with Crippen LogP contribution < -0.4 is 0 Å². The number of thiophene rings is 1. The molecule has 0 saturated heterocycles. The summed E-state index contributed by atoms with van der Waals surface area (Å²) in [6.45, 7) is 1.68.